The van der Waals surface area contributed by atoms with E-state index in [4.69, 9.17) is 11.6 Å². The van der Waals surface area contributed by atoms with Crippen LogP contribution in [0.15, 0.2) is 46.9 Å². The van der Waals surface area contributed by atoms with Gasteiger partial charge in [0.2, 0.25) is 0 Å². The topological polar surface area (TPSA) is 52.2 Å². The van der Waals surface area contributed by atoms with Crippen molar-refractivity contribution in [3.05, 3.63) is 68.7 Å². The summed E-state index contributed by atoms with van der Waals surface area (Å²) in [6, 6.07) is 10.0. The molecule has 0 atom stereocenters. The molecule has 0 spiro atoms. The Bertz CT molecular complexity index is 908. The summed E-state index contributed by atoms with van der Waals surface area (Å²) in [5, 5.41) is 6.37. The minimum absolute atomic E-state index is 0.308. The summed E-state index contributed by atoms with van der Waals surface area (Å²) in [6.45, 7) is 2.41. The summed E-state index contributed by atoms with van der Waals surface area (Å²) in [5.74, 6) is -0.370. The standard InChI is InChI=1S/C16H15ClN4OS/c1-11-13(14(17)20(2)19-11)15(22)18-16-21(8-9-23-16)10-12-6-4-3-5-7-12/h3-9H,10H2,1-2H3. The minimum atomic E-state index is -0.370. The van der Waals surface area contributed by atoms with Crippen LogP contribution in [0.4, 0.5) is 0 Å². The lowest BCUT2D eigenvalue weighted by molar-refractivity contribution is 0.0997. The van der Waals surface area contributed by atoms with Gasteiger partial charge >= 0.3 is 0 Å². The fourth-order valence-corrected chi connectivity index (χ4v) is 3.28. The zero-order valence-corrected chi connectivity index (χ0v) is 14.3. The van der Waals surface area contributed by atoms with Gasteiger partial charge in [-0.3, -0.25) is 9.48 Å². The van der Waals surface area contributed by atoms with Gasteiger partial charge in [0, 0.05) is 25.2 Å². The molecule has 3 aromatic rings. The highest BCUT2D eigenvalue weighted by molar-refractivity contribution is 7.07. The number of amides is 1. The predicted molar refractivity (Wildman–Crippen MR) is 90.7 cm³/mol. The van der Waals surface area contributed by atoms with E-state index in [1.807, 2.05) is 46.5 Å². The molecule has 0 radical (unpaired) electrons. The molecule has 3 rings (SSSR count). The van der Waals surface area contributed by atoms with E-state index in [1.54, 1.807) is 14.0 Å². The molecule has 0 saturated carbocycles. The van der Waals surface area contributed by atoms with Gasteiger partial charge in [-0.15, -0.1) is 11.3 Å². The normalized spacial score (nSPS) is 11.9. The molecule has 23 heavy (non-hydrogen) atoms. The van der Waals surface area contributed by atoms with Gasteiger partial charge in [-0.05, 0) is 12.5 Å². The number of carbonyl (C=O) groups is 1. The molecule has 5 nitrogen and oxygen atoms in total. The Balaban J connectivity index is 1.95. The maximum atomic E-state index is 12.5. The van der Waals surface area contributed by atoms with Crippen LogP contribution in [-0.4, -0.2) is 20.3 Å². The molecular weight excluding hydrogens is 332 g/mol. The van der Waals surface area contributed by atoms with Crippen molar-refractivity contribution < 1.29 is 4.79 Å². The van der Waals surface area contributed by atoms with Crippen LogP contribution in [0.3, 0.4) is 0 Å². The van der Waals surface area contributed by atoms with Crippen molar-refractivity contribution >= 4 is 28.8 Å². The second kappa shape index (κ2) is 6.52. The van der Waals surface area contributed by atoms with Crippen LogP contribution in [0.25, 0.3) is 0 Å². The third-order valence-corrected chi connectivity index (χ3v) is 4.65. The van der Waals surface area contributed by atoms with Gasteiger partial charge in [0.05, 0.1) is 5.69 Å². The average molecular weight is 347 g/mol. The van der Waals surface area contributed by atoms with Crippen molar-refractivity contribution in [3.63, 3.8) is 0 Å². The molecule has 0 fully saturated rings. The molecule has 0 bridgehead atoms. The third-order valence-electron chi connectivity index (χ3n) is 3.42. The summed E-state index contributed by atoms with van der Waals surface area (Å²) in [5.41, 5.74) is 2.08. The molecule has 2 aromatic heterocycles. The van der Waals surface area contributed by atoms with Gasteiger partial charge in [-0.2, -0.15) is 10.1 Å². The van der Waals surface area contributed by atoms with E-state index in [0.29, 0.717) is 27.8 Å². The Morgan fingerprint density at radius 2 is 2.09 bits per heavy atom. The van der Waals surface area contributed by atoms with Crippen molar-refractivity contribution in [2.75, 3.05) is 0 Å². The lowest BCUT2D eigenvalue weighted by Crippen LogP contribution is -2.17. The third kappa shape index (κ3) is 3.28. The molecule has 0 aliphatic rings. The van der Waals surface area contributed by atoms with Crippen LogP contribution in [-0.2, 0) is 13.6 Å². The Morgan fingerprint density at radius 3 is 2.74 bits per heavy atom. The number of benzene rings is 1. The van der Waals surface area contributed by atoms with E-state index in [9.17, 15) is 4.79 Å². The van der Waals surface area contributed by atoms with Gasteiger partial charge in [0.15, 0.2) is 4.80 Å². The lowest BCUT2D eigenvalue weighted by atomic mass is 10.2. The molecule has 0 aliphatic carbocycles. The number of rotatable bonds is 3. The van der Waals surface area contributed by atoms with E-state index in [1.165, 1.54) is 16.0 Å². The first kappa shape index (κ1) is 15.7. The maximum absolute atomic E-state index is 12.5. The average Bonchev–Trinajstić information content (AvgIpc) is 3.05. The van der Waals surface area contributed by atoms with Gasteiger partial charge in [0.1, 0.15) is 10.7 Å². The van der Waals surface area contributed by atoms with E-state index in [0.717, 1.165) is 5.56 Å². The van der Waals surface area contributed by atoms with E-state index in [-0.39, 0.29) is 5.91 Å². The SMILES string of the molecule is Cc1nn(C)c(Cl)c1C(=O)N=c1sccn1Cc1ccccc1. The zero-order chi connectivity index (χ0) is 16.4. The van der Waals surface area contributed by atoms with Crippen LogP contribution in [0.2, 0.25) is 5.15 Å². The van der Waals surface area contributed by atoms with Gasteiger partial charge < -0.3 is 4.57 Å². The number of carbonyl (C=O) groups excluding carboxylic acids is 1. The summed E-state index contributed by atoms with van der Waals surface area (Å²) in [4.78, 5) is 17.3. The number of thiazole rings is 1. The summed E-state index contributed by atoms with van der Waals surface area (Å²) in [7, 11) is 1.70. The van der Waals surface area contributed by atoms with E-state index < -0.39 is 0 Å². The smallest absolute Gasteiger partial charge is 0.284 e. The van der Waals surface area contributed by atoms with Crippen LogP contribution in [0, 0.1) is 6.92 Å². The molecular formula is C16H15ClN4OS. The van der Waals surface area contributed by atoms with Crippen molar-refractivity contribution in [2.24, 2.45) is 12.0 Å². The number of hydrogen-bond donors (Lipinski definition) is 0. The molecule has 0 N–H and O–H groups in total. The molecule has 0 unspecified atom stereocenters. The molecule has 1 aromatic carbocycles. The predicted octanol–water partition coefficient (Wildman–Crippen LogP) is 3.03. The molecule has 0 saturated heterocycles. The van der Waals surface area contributed by atoms with Crippen LogP contribution in [0.1, 0.15) is 21.6 Å². The molecule has 7 heteroatoms. The maximum Gasteiger partial charge on any atom is 0.284 e. The highest BCUT2D eigenvalue weighted by Gasteiger charge is 2.18. The van der Waals surface area contributed by atoms with Gasteiger partial charge in [-0.1, -0.05) is 41.9 Å². The van der Waals surface area contributed by atoms with E-state index in [2.05, 4.69) is 10.1 Å². The zero-order valence-electron chi connectivity index (χ0n) is 12.7. The van der Waals surface area contributed by atoms with Crippen LogP contribution >= 0.6 is 22.9 Å². The van der Waals surface area contributed by atoms with Crippen molar-refractivity contribution in [3.8, 4) is 0 Å². The van der Waals surface area contributed by atoms with Crippen molar-refractivity contribution in [1.82, 2.24) is 14.3 Å². The summed E-state index contributed by atoms with van der Waals surface area (Å²) < 4.78 is 3.42. The Hall–Kier alpha value is -2.18. The number of nitrogens with zero attached hydrogens (tertiary/aromatic N) is 4. The lowest BCUT2D eigenvalue weighted by Gasteiger charge is -2.02. The fraction of sp³-hybridized carbons (Fsp3) is 0.188. The van der Waals surface area contributed by atoms with Gasteiger partial charge in [0.25, 0.3) is 5.91 Å². The fourth-order valence-electron chi connectivity index (χ4n) is 2.30. The van der Waals surface area contributed by atoms with Crippen molar-refractivity contribution in [1.29, 1.82) is 0 Å². The Labute approximate surface area is 142 Å². The molecule has 118 valence electrons. The summed E-state index contributed by atoms with van der Waals surface area (Å²) >= 11 is 7.55. The number of halogens is 1. The largest absolute Gasteiger partial charge is 0.319 e. The molecule has 2 heterocycles. The quantitative estimate of drug-likeness (QED) is 0.732. The van der Waals surface area contributed by atoms with Crippen molar-refractivity contribution in [2.45, 2.75) is 13.5 Å². The monoisotopic (exact) mass is 346 g/mol. The Kier molecular flexibility index (Phi) is 4.45. The van der Waals surface area contributed by atoms with Gasteiger partial charge in [-0.25, -0.2) is 0 Å². The van der Waals surface area contributed by atoms with Crippen LogP contribution in [0.5, 0.6) is 0 Å². The molecule has 1 amide bonds. The van der Waals surface area contributed by atoms with E-state index >= 15 is 0 Å². The van der Waals surface area contributed by atoms with Crippen LogP contribution < -0.4 is 4.80 Å². The highest BCUT2D eigenvalue weighted by Crippen LogP contribution is 2.19. The highest BCUT2D eigenvalue weighted by atomic mass is 35.5. The Morgan fingerprint density at radius 1 is 1.35 bits per heavy atom. The molecule has 0 aliphatic heterocycles. The summed E-state index contributed by atoms with van der Waals surface area (Å²) in [6.07, 6.45) is 1.92. The first-order chi connectivity index (χ1) is 11.1. The number of hydrogen-bond acceptors (Lipinski definition) is 3. The second-order valence-electron chi connectivity index (χ2n) is 5.09. The number of aromatic nitrogens is 3. The minimum Gasteiger partial charge on any atom is -0.319 e. The second-order valence-corrected chi connectivity index (χ2v) is 6.32. The first-order valence-electron chi connectivity index (χ1n) is 7.02. The number of aryl methyl sites for hydroxylation is 2. The first-order valence-corrected chi connectivity index (χ1v) is 8.28.